The van der Waals surface area contributed by atoms with E-state index in [2.05, 4.69) is 5.16 Å². The van der Waals surface area contributed by atoms with Crippen molar-refractivity contribution in [2.24, 2.45) is 0 Å². The van der Waals surface area contributed by atoms with E-state index in [0.717, 1.165) is 35.3 Å². The van der Waals surface area contributed by atoms with E-state index in [0.29, 0.717) is 23.8 Å². The van der Waals surface area contributed by atoms with Gasteiger partial charge in [-0.25, -0.2) is 4.79 Å². The van der Waals surface area contributed by atoms with Gasteiger partial charge in [-0.1, -0.05) is 23.4 Å². The third-order valence-corrected chi connectivity index (χ3v) is 5.96. The molecular weight excluding hydrogens is 436 g/mol. The summed E-state index contributed by atoms with van der Waals surface area (Å²) in [7, 11) is 1.49. The smallest absolute Gasteiger partial charge is 0.339 e. The van der Waals surface area contributed by atoms with E-state index in [4.69, 9.17) is 18.7 Å². The second kappa shape index (κ2) is 9.99. The zero-order valence-corrected chi connectivity index (χ0v) is 19.8. The van der Waals surface area contributed by atoms with Crippen molar-refractivity contribution in [1.82, 2.24) is 5.16 Å². The van der Waals surface area contributed by atoms with Gasteiger partial charge in [-0.15, -0.1) is 0 Å². The third-order valence-electron chi connectivity index (χ3n) is 5.96. The van der Waals surface area contributed by atoms with Crippen LogP contribution in [-0.4, -0.2) is 36.8 Å². The number of esters is 1. The SMILES string of the molecule is COc1cc(C(=O)O[C@H](C)C(=O)N2CCCc3ccccc32)ccc1OCc1c(C)noc1C. The van der Waals surface area contributed by atoms with Gasteiger partial charge in [0.15, 0.2) is 17.6 Å². The zero-order chi connectivity index (χ0) is 24.2. The summed E-state index contributed by atoms with van der Waals surface area (Å²) in [5.41, 5.74) is 3.88. The number of aryl methyl sites for hydroxylation is 3. The van der Waals surface area contributed by atoms with E-state index < -0.39 is 12.1 Å². The summed E-state index contributed by atoms with van der Waals surface area (Å²) in [6.07, 6.45) is 0.870. The Morgan fingerprint density at radius 2 is 1.94 bits per heavy atom. The van der Waals surface area contributed by atoms with E-state index in [1.165, 1.54) is 7.11 Å². The van der Waals surface area contributed by atoms with Gasteiger partial charge in [-0.05, 0) is 63.4 Å². The molecule has 1 aromatic heterocycles. The number of carbonyl (C=O) groups is 2. The summed E-state index contributed by atoms with van der Waals surface area (Å²) in [4.78, 5) is 27.5. The lowest BCUT2D eigenvalue weighted by Gasteiger charge is -2.31. The molecule has 2 aromatic carbocycles. The number of ether oxygens (including phenoxy) is 3. The minimum atomic E-state index is -0.930. The van der Waals surface area contributed by atoms with E-state index in [9.17, 15) is 9.59 Å². The molecule has 0 spiro atoms. The van der Waals surface area contributed by atoms with Crippen molar-refractivity contribution in [1.29, 1.82) is 0 Å². The molecule has 2 heterocycles. The summed E-state index contributed by atoms with van der Waals surface area (Å²) in [5.74, 6) is 0.679. The average Bonchev–Trinajstić information content (AvgIpc) is 3.18. The lowest BCUT2D eigenvalue weighted by Crippen LogP contribution is -2.42. The molecule has 1 aliphatic heterocycles. The molecule has 1 atom stereocenters. The zero-order valence-electron chi connectivity index (χ0n) is 19.8. The van der Waals surface area contributed by atoms with Crippen LogP contribution in [0.2, 0.25) is 0 Å². The largest absolute Gasteiger partial charge is 0.493 e. The Morgan fingerprint density at radius 3 is 2.68 bits per heavy atom. The first-order chi connectivity index (χ1) is 16.4. The number of rotatable bonds is 7. The van der Waals surface area contributed by atoms with Gasteiger partial charge in [0.1, 0.15) is 12.4 Å². The molecule has 0 aliphatic carbocycles. The van der Waals surface area contributed by atoms with Crippen molar-refractivity contribution >= 4 is 17.6 Å². The van der Waals surface area contributed by atoms with Crippen molar-refractivity contribution < 1.29 is 28.3 Å². The number of amides is 1. The van der Waals surface area contributed by atoms with Crippen LogP contribution in [0.1, 0.15) is 46.3 Å². The van der Waals surface area contributed by atoms with Gasteiger partial charge in [0.2, 0.25) is 0 Å². The lowest BCUT2D eigenvalue weighted by atomic mass is 10.0. The number of anilines is 1. The number of aromatic nitrogens is 1. The Kier molecular flexibility index (Phi) is 6.86. The van der Waals surface area contributed by atoms with Crippen LogP contribution in [0.25, 0.3) is 0 Å². The first kappa shape index (κ1) is 23.4. The molecule has 0 bridgehead atoms. The minimum absolute atomic E-state index is 0.244. The minimum Gasteiger partial charge on any atom is -0.493 e. The molecule has 0 unspecified atom stereocenters. The summed E-state index contributed by atoms with van der Waals surface area (Å²) in [5, 5.41) is 3.92. The first-order valence-corrected chi connectivity index (χ1v) is 11.2. The molecule has 3 aromatic rings. The fourth-order valence-corrected chi connectivity index (χ4v) is 4.03. The van der Waals surface area contributed by atoms with Crippen LogP contribution in [0.3, 0.4) is 0 Å². The molecule has 0 saturated heterocycles. The van der Waals surface area contributed by atoms with Crippen LogP contribution >= 0.6 is 0 Å². The first-order valence-electron chi connectivity index (χ1n) is 11.2. The third kappa shape index (κ3) is 4.76. The van der Waals surface area contributed by atoms with Gasteiger partial charge in [0, 0.05) is 12.2 Å². The topological polar surface area (TPSA) is 91.1 Å². The van der Waals surface area contributed by atoms with Crippen LogP contribution in [0.4, 0.5) is 5.69 Å². The molecule has 8 nitrogen and oxygen atoms in total. The molecule has 0 fully saturated rings. The highest BCUT2D eigenvalue weighted by atomic mass is 16.5. The molecule has 0 N–H and O–H groups in total. The number of hydrogen-bond acceptors (Lipinski definition) is 7. The molecule has 1 amide bonds. The van der Waals surface area contributed by atoms with Gasteiger partial charge < -0.3 is 23.6 Å². The van der Waals surface area contributed by atoms with Crippen LogP contribution in [0, 0.1) is 13.8 Å². The summed E-state index contributed by atoms with van der Waals surface area (Å²) >= 11 is 0. The number of hydrogen-bond donors (Lipinski definition) is 0. The van der Waals surface area contributed by atoms with Crippen molar-refractivity contribution in [3.8, 4) is 11.5 Å². The summed E-state index contributed by atoms with van der Waals surface area (Å²) in [6, 6.07) is 12.6. The molecule has 4 rings (SSSR count). The predicted octanol–water partition coefficient (Wildman–Crippen LogP) is 4.40. The van der Waals surface area contributed by atoms with E-state index in [-0.39, 0.29) is 18.1 Å². The lowest BCUT2D eigenvalue weighted by molar-refractivity contribution is -0.126. The Morgan fingerprint density at radius 1 is 1.15 bits per heavy atom. The normalized spacial score (nSPS) is 13.7. The van der Waals surface area contributed by atoms with E-state index in [1.807, 2.05) is 38.1 Å². The fourth-order valence-electron chi connectivity index (χ4n) is 4.03. The number of fused-ring (bicyclic) bond motifs is 1. The molecule has 0 saturated carbocycles. The second-order valence-corrected chi connectivity index (χ2v) is 8.23. The van der Waals surface area contributed by atoms with Crippen molar-refractivity contribution in [3.05, 3.63) is 70.6 Å². The highest BCUT2D eigenvalue weighted by Gasteiger charge is 2.29. The molecule has 34 heavy (non-hydrogen) atoms. The number of methoxy groups -OCH3 is 1. The van der Waals surface area contributed by atoms with Gasteiger partial charge in [-0.3, -0.25) is 4.79 Å². The van der Waals surface area contributed by atoms with Crippen LogP contribution in [0.15, 0.2) is 47.0 Å². The average molecular weight is 465 g/mol. The Bertz CT molecular complexity index is 1180. The Balaban J connectivity index is 1.43. The monoisotopic (exact) mass is 464 g/mol. The molecule has 0 radical (unpaired) electrons. The predicted molar refractivity (Wildman–Crippen MR) is 125 cm³/mol. The maximum Gasteiger partial charge on any atom is 0.339 e. The number of para-hydroxylation sites is 1. The highest BCUT2D eigenvalue weighted by Crippen LogP contribution is 2.31. The molecule has 8 heteroatoms. The van der Waals surface area contributed by atoms with E-state index in [1.54, 1.807) is 30.0 Å². The number of benzene rings is 2. The van der Waals surface area contributed by atoms with Crippen molar-refractivity contribution in [2.75, 3.05) is 18.6 Å². The van der Waals surface area contributed by atoms with Crippen LogP contribution < -0.4 is 14.4 Å². The quantitative estimate of drug-likeness (QED) is 0.479. The number of carbonyl (C=O) groups excluding carboxylic acids is 2. The van der Waals surface area contributed by atoms with Crippen molar-refractivity contribution in [2.45, 2.75) is 46.3 Å². The van der Waals surface area contributed by atoms with Gasteiger partial charge >= 0.3 is 5.97 Å². The molecule has 178 valence electrons. The van der Waals surface area contributed by atoms with Gasteiger partial charge in [0.05, 0.1) is 23.9 Å². The van der Waals surface area contributed by atoms with Crippen LogP contribution in [0.5, 0.6) is 11.5 Å². The van der Waals surface area contributed by atoms with Gasteiger partial charge in [0.25, 0.3) is 5.91 Å². The van der Waals surface area contributed by atoms with Crippen molar-refractivity contribution in [3.63, 3.8) is 0 Å². The Labute approximate surface area is 198 Å². The van der Waals surface area contributed by atoms with Crippen LogP contribution in [-0.2, 0) is 22.6 Å². The molecule has 1 aliphatic rings. The second-order valence-electron chi connectivity index (χ2n) is 8.23. The summed E-state index contributed by atoms with van der Waals surface area (Å²) in [6.45, 7) is 6.11. The highest BCUT2D eigenvalue weighted by molar-refractivity contribution is 6.00. The molecular formula is C26H28N2O6. The van der Waals surface area contributed by atoms with Gasteiger partial charge in [-0.2, -0.15) is 0 Å². The maximum atomic E-state index is 13.0. The standard InChI is InChI=1S/C26H28N2O6/c1-16-21(17(2)34-27-16)15-32-23-12-11-20(14-24(23)31-4)26(30)33-18(3)25(29)28-13-7-9-19-8-5-6-10-22(19)28/h5-6,8,10-12,14,18H,7,9,13,15H2,1-4H3/t18-/m1/s1. The maximum absolute atomic E-state index is 13.0. The van der Waals surface area contributed by atoms with E-state index >= 15 is 0 Å². The fraction of sp³-hybridized carbons (Fsp3) is 0.346. The number of nitrogens with zero attached hydrogens (tertiary/aromatic N) is 2. The Hall–Kier alpha value is -3.81. The summed E-state index contributed by atoms with van der Waals surface area (Å²) < 4.78 is 21.9.